The SMILES string of the molecule is CNc1nc(Nc2ccc(C3=CCN(C)CC3)c(NC)c2C=N)ncc1C(F)(F)F. The van der Waals surface area contributed by atoms with Crippen molar-refractivity contribution in [2.24, 2.45) is 0 Å². The predicted molar refractivity (Wildman–Crippen MR) is 114 cm³/mol. The van der Waals surface area contributed by atoms with Crippen LogP contribution in [0.25, 0.3) is 5.57 Å². The van der Waals surface area contributed by atoms with Crippen LogP contribution < -0.4 is 16.0 Å². The number of hydrogen-bond acceptors (Lipinski definition) is 7. The Labute approximate surface area is 172 Å². The first-order valence-electron chi connectivity index (χ1n) is 9.40. The first kappa shape index (κ1) is 21.6. The first-order valence-corrected chi connectivity index (χ1v) is 9.40. The molecule has 30 heavy (non-hydrogen) atoms. The fourth-order valence-electron chi connectivity index (χ4n) is 3.39. The fourth-order valence-corrected chi connectivity index (χ4v) is 3.39. The number of halogens is 3. The van der Waals surface area contributed by atoms with Crippen LogP contribution in [0, 0.1) is 5.41 Å². The fraction of sp³-hybridized carbons (Fsp3) is 0.350. The van der Waals surface area contributed by atoms with Gasteiger partial charge in [-0.05, 0) is 25.1 Å². The molecule has 0 radical (unpaired) electrons. The van der Waals surface area contributed by atoms with Gasteiger partial charge in [-0.25, -0.2) is 4.98 Å². The molecule has 3 rings (SSSR count). The third-order valence-electron chi connectivity index (χ3n) is 4.98. The van der Waals surface area contributed by atoms with Crippen molar-refractivity contribution in [2.75, 3.05) is 50.2 Å². The Morgan fingerprint density at radius 2 is 1.97 bits per heavy atom. The zero-order valence-electron chi connectivity index (χ0n) is 17.0. The highest BCUT2D eigenvalue weighted by atomic mass is 19.4. The highest BCUT2D eigenvalue weighted by Gasteiger charge is 2.35. The van der Waals surface area contributed by atoms with E-state index in [0.29, 0.717) is 11.3 Å². The van der Waals surface area contributed by atoms with Crippen LogP contribution in [-0.2, 0) is 6.18 Å². The van der Waals surface area contributed by atoms with E-state index in [4.69, 9.17) is 5.41 Å². The Morgan fingerprint density at radius 3 is 2.53 bits per heavy atom. The zero-order chi connectivity index (χ0) is 21.9. The smallest absolute Gasteiger partial charge is 0.387 e. The molecule has 2 aromatic rings. The molecule has 160 valence electrons. The van der Waals surface area contributed by atoms with Gasteiger partial charge in [0.05, 0.1) is 11.4 Å². The molecule has 1 aromatic heterocycles. The number of alkyl halides is 3. The average Bonchev–Trinajstić information content (AvgIpc) is 2.73. The second kappa shape index (κ2) is 8.70. The molecule has 10 heteroatoms. The molecular formula is C20H24F3N7. The summed E-state index contributed by atoms with van der Waals surface area (Å²) in [7, 11) is 5.21. The van der Waals surface area contributed by atoms with E-state index in [-0.39, 0.29) is 11.8 Å². The molecule has 0 amide bonds. The van der Waals surface area contributed by atoms with Crippen molar-refractivity contribution in [2.45, 2.75) is 12.6 Å². The molecule has 0 aliphatic carbocycles. The van der Waals surface area contributed by atoms with Crippen LogP contribution in [0.15, 0.2) is 24.4 Å². The third kappa shape index (κ3) is 4.38. The van der Waals surface area contributed by atoms with Gasteiger partial charge < -0.3 is 26.3 Å². The average molecular weight is 419 g/mol. The van der Waals surface area contributed by atoms with Crippen LogP contribution in [0.5, 0.6) is 0 Å². The minimum absolute atomic E-state index is 0.00348. The number of anilines is 4. The van der Waals surface area contributed by atoms with Crippen LogP contribution in [0.3, 0.4) is 0 Å². The summed E-state index contributed by atoms with van der Waals surface area (Å²) in [6.45, 7) is 1.80. The van der Waals surface area contributed by atoms with Gasteiger partial charge in [0.2, 0.25) is 5.95 Å². The van der Waals surface area contributed by atoms with E-state index in [1.807, 2.05) is 6.07 Å². The number of nitrogens with zero attached hydrogens (tertiary/aromatic N) is 3. The van der Waals surface area contributed by atoms with Gasteiger partial charge in [-0.3, -0.25) is 0 Å². The number of nitrogens with one attached hydrogen (secondary N) is 4. The Hall–Kier alpha value is -3.14. The Bertz CT molecular complexity index is 970. The minimum atomic E-state index is -4.56. The van der Waals surface area contributed by atoms with Gasteiger partial charge in [0, 0.05) is 50.7 Å². The van der Waals surface area contributed by atoms with Crippen molar-refractivity contribution in [1.82, 2.24) is 14.9 Å². The van der Waals surface area contributed by atoms with E-state index in [1.165, 1.54) is 18.8 Å². The summed E-state index contributed by atoms with van der Waals surface area (Å²) in [5.41, 5.74) is 3.11. The van der Waals surface area contributed by atoms with Crippen LogP contribution in [-0.4, -0.2) is 55.3 Å². The molecule has 0 fully saturated rings. The van der Waals surface area contributed by atoms with E-state index in [9.17, 15) is 13.2 Å². The summed E-state index contributed by atoms with van der Waals surface area (Å²) < 4.78 is 39.2. The second-order valence-electron chi connectivity index (χ2n) is 6.91. The molecule has 1 aromatic carbocycles. The van der Waals surface area contributed by atoms with E-state index >= 15 is 0 Å². The van der Waals surface area contributed by atoms with Gasteiger partial charge >= 0.3 is 6.18 Å². The Kier molecular flexibility index (Phi) is 6.25. The van der Waals surface area contributed by atoms with Gasteiger partial charge in [0.15, 0.2) is 0 Å². The van der Waals surface area contributed by atoms with Crippen molar-refractivity contribution >= 4 is 34.9 Å². The topological polar surface area (TPSA) is 89.0 Å². The minimum Gasteiger partial charge on any atom is -0.387 e. The molecule has 4 N–H and O–H groups in total. The maximum Gasteiger partial charge on any atom is 0.421 e. The Morgan fingerprint density at radius 1 is 1.20 bits per heavy atom. The van der Waals surface area contributed by atoms with E-state index < -0.39 is 11.7 Å². The summed E-state index contributed by atoms with van der Waals surface area (Å²) in [4.78, 5) is 9.96. The largest absolute Gasteiger partial charge is 0.421 e. The summed E-state index contributed by atoms with van der Waals surface area (Å²) in [5.74, 6) is -0.317. The van der Waals surface area contributed by atoms with Crippen LogP contribution in [0.1, 0.15) is 23.1 Å². The Balaban J connectivity index is 1.98. The normalized spacial score (nSPS) is 14.8. The molecular weight excluding hydrogens is 395 g/mol. The van der Waals surface area contributed by atoms with E-state index in [2.05, 4.69) is 43.9 Å². The summed E-state index contributed by atoms with van der Waals surface area (Å²) >= 11 is 0. The lowest BCUT2D eigenvalue weighted by Crippen LogP contribution is -2.24. The van der Waals surface area contributed by atoms with E-state index in [0.717, 1.165) is 37.0 Å². The molecule has 0 bridgehead atoms. The van der Waals surface area contributed by atoms with Crippen molar-refractivity contribution < 1.29 is 13.2 Å². The summed E-state index contributed by atoms with van der Waals surface area (Å²) in [6.07, 6.45) is 0.444. The molecule has 0 atom stereocenters. The van der Waals surface area contributed by atoms with E-state index in [1.54, 1.807) is 13.1 Å². The maximum absolute atomic E-state index is 13.1. The molecule has 0 spiro atoms. The lowest BCUT2D eigenvalue weighted by Gasteiger charge is -2.24. The van der Waals surface area contributed by atoms with Gasteiger partial charge in [-0.15, -0.1) is 0 Å². The monoisotopic (exact) mass is 419 g/mol. The molecule has 0 saturated heterocycles. The molecule has 1 aliphatic rings. The van der Waals surface area contributed by atoms with Crippen molar-refractivity contribution in [3.8, 4) is 0 Å². The molecule has 0 unspecified atom stereocenters. The van der Waals surface area contributed by atoms with Gasteiger partial charge in [-0.2, -0.15) is 18.2 Å². The lowest BCUT2D eigenvalue weighted by molar-refractivity contribution is -0.137. The summed E-state index contributed by atoms with van der Waals surface area (Å²) in [6, 6.07) is 3.72. The number of aromatic nitrogens is 2. The first-order chi connectivity index (χ1) is 14.3. The van der Waals surface area contributed by atoms with Gasteiger partial charge in [0.25, 0.3) is 0 Å². The van der Waals surface area contributed by atoms with Gasteiger partial charge in [-0.1, -0.05) is 12.1 Å². The second-order valence-corrected chi connectivity index (χ2v) is 6.91. The molecule has 2 heterocycles. The number of likely N-dealkylation sites (N-methyl/N-ethyl adjacent to an activating group) is 1. The lowest BCUT2D eigenvalue weighted by atomic mass is 9.94. The van der Waals surface area contributed by atoms with Crippen molar-refractivity contribution in [3.63, 3.8) is 0 Å². The van der Waals surface area contributed by atoms with Crippen molar-refractivity contribution in [1.29, 1.82) is 5.41 Å². The highest BCUT2D eigenvalue weighted by molar-refractivity contribution is 5.98. The van der Waals surface area contributed by atoms with Crippen LogP contribution >= 0.6 is 0 Å². The van der Waals surface area contributed by atoms with Gasteiger partial charge in [0.1, 0.15) is 11.4 Å². The van der Waals surface area contributed by atoms with Crippen molar-refractivity contribution in [3.05, 3.63) is 41.1 Å². The standard InChI is InChI=1S/C20H24F3N7/c1-25-17-13(12-6-8-30(3)9-7-12)4-5-16(14(17)10-24)28-19-27-11-15(20(21,22)23)18(26-2)29-19/h4-6,10-11,24-25H,7-9H2,1-3H3,(H2,26,27,28,29). The quantitative estimate of drug-likeness (QED) is 0.529. The summed E-state index contributed by atoms with van der Waals surface area (Å²) in [5, 5.41) is 16.4. The number of rotatable bonds is 6. The zero-order valence-corrected chi connectivity index (χ0v) is 17.0. The molecule has 0 saturated carbocycles. The predicted octanol–water partition coefficient (Wildman–Crippen LogP) is 4.04. The van der Waals surface area contributed by atoms with Crippen LogP contribution in [0.4, 0.5) is 36.3 Å². The third-order valence-corrected chi connectivity index (χ3v) is 4.98. The highest BCUT2D eigenvalue weighted by Crippen LogP contribution is 2.36. The molecule has 1 aliphatic heterocycles. The van der Waals surface area contributed by atoms with Crippen LogP contribution in [0.2, 0.25) is 0 Å². The number of hydrogen-bond donors (Lipinski definition) is 4. The maximum atomic E-state index is 13.1. The number of benzene rings is 1. The molecule has 7 nitrogen and oxygen atoms in total.